The van der Waals surface area contributed by atoms with Gasteiger partial charge < -0.3 is 10.1 Å². The zero-order valence-electron chi connectivity index (χ0n) is 11.2. The van der Waals surface area contributed by atoms with Gasteiger partial charge in [0.1, 0.15) is 0 Å². The van der Waals surface area contributed by atoms with Gasteiger partial charge in [0.15, 0.2) is 0 Å². The number of aromatic nitrogens is 1. The van der Waals surface area contributed by atoms with Crippen LogP contribution in [0.5, 0.6) is 0 Å². The standard InChI is InChI=1S/C14H22N2O2/c1-3-5-8-16-13(11-14(17)18-4-2)12-6-9-15-10-7-12/h6-7,9-10,13,16H,3-5,8,11H2,1-2H3. The molecule has 0 bridgehead atoms. The van der Waals surface area contributed by atoms with Gasteiger partial charge in [0.05, 0.1) is 13.0 Å². The lowest BCUT2D eigenvalue weighted by Crippen LogP contribution is -2.25. The first-order chi connectivity index (χ1) is 8.77. The number of pyridine rings is 1. The zero-order valence-corrected chi connectivity index (χ0v) is 11.2. The number of carbonyl (C=O) groups is 1. The van der Waals surface area contributed by atoms with Crippen LogP contribution in [0.4, 0.5) is 0 Å². The van der Waals surface area contributed by atoms with Gasteiger partial charge in [-0.1, -0.05) is 13.3 Å². The smallest absolute Gasteiger partial charge is 0.307 e. The van der Waals surface area contributed by atoms with Crippen LogP contribution in [0.2, 0.25) is 0 Å². The van der Waals surface area contributed by atoms with Crippen molar-refractivity contribution in [2.24, 2.45) is 0 Å². The SMILES string of the molecule is CCCCNC(CC(=O)OCC)c1ccncc1. The van der Waals surface area contributed by atoms with E-state index in [9.17, 15) is 4.79 Å². The van der Waals surface area contributed by atoms with Gasteiger partial charge in [-0.2, -0.15) is 0 Å². The summed E-state index contributed by atoms with van der Waals surface area (Å²) in [7, 11) is 0. The molecule has 0 saturated heterocycles. The molecule has 0 aliphatic carbocycles. The van der Waals surface area contributed by atoms with Crippen molar-refractivity contribution in [1.29, 1.82) is 0 Å². The third-order valence-corrected chi connectivity index (χ3v) is 2.71. The van der Waals surface area contributed by atoms with Crippen LogP contribution in [-0.4, -0.2) is 24.1 Å². The topological polar surface area (TPSA) is 51.2 Å². The van der Waals surface area contributed by atoms with E-state index in [4.69, 9.17) is 4.74 Å². The fourth-order valence-electron chi connectivity index (χ4n) is 1.74. The van der Waals surface area contributed by atoms with Gasteiger partial charge in [-0.3, -0.25) is 9.78 Å². The molecular formula is C14H22N2O2. The Labute approximate surface area is 109 Å². The number of hydrogen-bond acceptors (Lipinski definition) is 4. The van der Waals surface area contributed by atoms with Crippen LogP contribution in [-0.2, 0) is 9.53 Å². The molecule has 1 aromatic rings. The molecule has 1 unspecified atom stereocenters. The fraction of sp³-hybridized carbons (Fsp3) is 0.571. The Hall–Kier alpha value is -1.42. The van der Waals surface area contributed by atoms with Crippen molar-refractivity contribution in [3.05, 3.63) is 30.1 Å². The molecule has 1 atom stereocenters. The van der Waals surface area contributed by atoms with E-state index in [1.165, 1.54) is 0 Å². The van der Waals surface area contributed by atoms with Crippen molar-refractivity contribution < 1.29 is 9.53 Å². The predicted molar refractivity (Wildman–Crippen MR) is 71.1 cm³/mol. The number of nitrogens with one attached hydrogen (secondary N) is 1. The molecule has 1 rings (SSSR count). The highest BCUT2D eigenvalue weighted by Crippen LogP contribution is 2.16. The summed E-state index contributed by atoms with van der Waals surface area (Å²) in [6, 6.07) is 3.88. The minimum atomic E-state index is -0.164. The first-order valence-electron chi connectivity index (χ1n) is 6.56. The van der Waals surface area contributed by atoms with Crippen LogP contribution in [0.25, 0.3) is 0 Å². The lowest BCUT2D eigenvalue weighted by Gasteiger charge is -2.18. The van der Waals surface area contributed by atoms with Gasteiger partial charge in [0, 0.05) is 18.4 Å². The highest BCUT2D eigenvalue weighted by Gasteiger charge is 2.15. The van der Waals surface area contributed by atoms with E-state index in [0.717, 1.165) is 24.9 Å². The second-order valence-corrected chi connectivity index (χ2v) is 4.15. The molecule has 18 heavy (non-hydrogen) atoms. The predicted octanol–water partition coefficient (Wildman–Crippen LogP) is 2.47. The Morgan fingerprint density at radius 3 is 2.72 bits per heavy atom. The van der Waals surface area contributed by atoms with E-state index in [0.29, 0.717) is 13.0 Å². The molecule has 0 aliphatic heterocycles. The van der Waals surface area contributed by atoms with Gasteiger partial charge in [-0.25, -0.2) is 0 Å². The number of nitrogens with zero attached hydrogens (tertiary/aromatic N) is 1. The van der Waals surface area contributed by atoms with Gasteiger partial charge in [-0.15, -0.1) is 0 Å². The largest absolute Gasteiger partial charge is 0.466 e. The van der Waals surface area contributed by atoms with E-state index in [1.54, 1.807) is 12.4 Å². The van der Waals surface area contributed by atoms with Crippen molar-refractivity contribution in [1.82, 2.24) is 10.3 Å². The average Bonchev–Trinajstić information content (AvgIpc) is 2.39. The second kappa shape index (κ2) is 8.64. The van der Waals surface area contributed by atoms with E-state index >= 15 is 0 Å². The first-order valence-corrected chi connectivity index (χ1v) is 6.56. The molecule has 0 aromatic carbocycles. The fourth-order valence-corrected chi connectivity index (χ4v) is 1.74. The summed E-state index contributed by atoms with van der Waals surface area (Å²) in [6.45, 7) is 5.30. The maximum absolute atomic E-state index is 11.6. The normalized spacial score (nSPS) is 12.1. The number of ether oxygens (including phenoxy) is 1. The molecule has 1 aromatic heterocycles. The van der Waals surface area contributed by atoms with Crippen molar-refractivity contribution in [3.63, 3.8) is 0 Å². The quantitative estimate of drug-likeness (QED) is 0.569. The van der Waals surface area contributed by atoms with Crippen molar-refractivity contribution in [2.75, 3.05) is 13.2 Å². The molecule has 0 amide bonds. The molecule has 0 aliphatic rings. The van der Waals surface area contributed by atoms with Crippen LogP contribution in [0.3, 0.4) is 0 Å². The van der Waals surface area contributed by atoms with Crippen LogP contribution in [0, 0.1) is 0 Å². The Balaban J connectivity index is 2.60. The molecule has 0 fully saturated rings. The number of esters is 1. The average molecular weight is 250 g/mol. The molecule has 1 N–H and O–H groups in total. The van der Waals surface area contributed by atoms with E-state index in [2.05, 4.69) is 17.2 Å². The molecule has 4 nitrogen and oxygen atoms in total. The van der Waals surface area contributed by atoms with Gasteiger partial charge in [0.2, 0.25) is 0 Å². The van der Waals surface area contributed by atoms with Crippen molar-refractivity contribution >= 4 is 5.97 Å². The highest BCUT2D eigenvalue weighted by molar-refractivity contribution is 5.70. The second-order valence-electron chi connectivity index (χ2n) is 4.15. The van der Waals surface area contributed by atoms with E-state index in [-0.39, 0.29) is 12.0 Å². The Bertz CT molecular complexity index is 341. The summed E-state index contributed by atoms with van der Waals surface area (Å²) < 4.78 is 5.01. The van der Waals surface area contributed by atoms with Crippen molar-refractivity contribution in [2.45, 2.75) is 39.2 Å². The van der Waals surface area contributed by atoms with Crippen LogP contribution < -0.4 is 5.32 Å². The molecule has 0 radical (unpaired) electrons. The Morgan fingerprint density at radius 2 is 2.11 bits per heavy atom. The Kier molecular flexibility index (Phi) is 7.03. The number of unbranched alkanes of at least 4 members (excludes halogenated alkanes) is 1. The van der Waals surface area contributed by atoms with Gasteiger partial charge in [-0.05, 0) is 37.6 Å². The third-order valence-electron chi connectivity index (χ3n) is 2.71. The minimum absolute atomic E-state index is 0.0126. The van der Waals surface area contributed by atoms with Gasteiger partial charge >= 0.3 is 5.97 Å². The summed E-state index contributed by atoms with van der Waals surface area (Å²) >= 11 is 0. The highest BCUT2D eigenvalue weighted by atomic mass is 16.5. The van der Waals surface area contributed by atoms with E-state index in [1.807, 2.05) is 19.1 Å². The summed E-state index contributed by atoms with van der Waals surface area (Å²) in [5.41, 5.74) is 1.08. The van der Waals surface area contributed by atoms with Crippen LogP contribution >= 0.6 is 0 Å². The van der Waals surface area contributed by atoms with Crippen LogP contribution in [0.1, 0.15) is 44.7 Å². The monoisotopic (exact) mass is 250 g/mol. The lowest BCUT2D eigenvalue weighted by atomic mass is 10.1. The molecule has 4 heteroatoms. The van der Waals surface area contributed by atoms with Gasteiger partial charge in [0.25, 0.3) is 0 Å². The van der Waals surface area contributed by atoms with Crippen LogP contribution in [0.15, 0.2) is 24.5 Å². The van der Waals surface area contributed by atoms with Crippen molar-refractivity contribution in [3.8, 4) is 0 Å². The maximum atomic E-state index is 11.6. The molecule has 0 saturated carbocycles. The van der Waals surface area contributed by atoms with E-state index < -0.39 is 0 Å². The number of carbonyl (C=O) groups excluding carboxylic acids is 1. The summed E-state index contributed by atoms with van der Waals surface area (Å²) in [5.74, 6) is -0.164. The third kappa shape index (κ3) is 5.27. The molecule has 0 spiro atoms. The maximum Gasteiger partial charge on any atom is 0.307 e. The first kappa shape index (κ1) is 14.6. The number of hydrogen-bond donors (Lipinski definition) is 1. The molecule has 100 valence electrons. The summed E-state index contributed by atoms with van der Waals surface area (Å²) in [4.78, 5) is 15.6. The number of rotatable bonds is 8. The zero-order chi connectivity index (χ0) is 13.2. The lowest BCUT2D eigenvalue weighted by molar-refractivity contribution is -0.143. The summed E-state index contributed by atoms with van der Waals surface area (Å²) in [6.07, 6.45) is 6.09. The summed E-state index contributed by atoms with van der Waals surface area (Å²) in [5, 5.41) is 3.40. The molecule has 1 heterocycles. The minimum Gasteiger partial charge on any atom is -0.466 e. The Morgan fingerprint density at radius 1 is 1.39 bits per heavy atom. The molecular weight excluding hydrogens is 228 g/mol.